The number of ether oxygens (including phenoxy) is 1. The van der Waals surface area contributed by atoms with Gasteiger partial charge in [-0.2, -0.15) is 18.3 Å². The number of nitrogens with zero attached hydrogens (tertiary/aromatic N) is 2. The summed E-state index contributed by atoms with van der Waals surface area (Å²) in [6, 6.07) is 7.02. The second kappa shape index (κ2) is 7.82. The van der Waals surface area contributed by atoms with Crippen molar-refractivity contribution in [3.05, 3.63) is 58.0 Å². The summed E-state index contributed by atoms with van der Waals surface area (Å²) in [4.78, 5) is 23.3. The van der Waals surface area contributed by atoms with Crippen LogP contribution in [0.1, 0.15) is 23.0 Å². The summed E-state index contributed by atoms with van der Waals surface area (Å²) in [5.74, 6) is -0.448. The molecule has 0 atom stereocenters. The van der Waals surface area contributed by atoms with Gasteiger partial charge in [0.2, 0.25) is 0 Å². The topological polar surface area (TPSA) is 73.2 Å². The number of halogens is 3. The number of hydrogen-bond acceptors (Lipinski definition) is 4. The van der Waals surface area contributed by atoms with E-state index in [1.165, 1.54) is 24.3 Å². The summed E-state index contributed by atoms with van der Waals surface area (Å²) in [5, 5.41) is 6.41. The molecule has 0 saturated carbocycles. The van der Waals surface area contributed by atoms with Crippen LogP contribution in [0.5, 0.6) is 5.75 Å². The number of aryl methyl sites for hydroxylation is 1. The number of alkyl halides is 3. The molecule has 0 unspecified atom stereocenters. The van der Waals surface area contributed by atoms with E-state index in [-0.39, 0.29) is 30.2 Å². The average Bonchev–Trinajstić information content (AvgIpc) is 2.58. The largest absolute Gasteiger partial charge is 0.492 e. The maximum Gasteiger partial charge on any atom is 0.416 e. The van der Waals surface area contributed by atoms with E-state index in [0.29, 0.717) is 6.54 Å². The Morgan fingerprint density at radius 2 is 2.04 bits per heavy atom. The summed E-state index contributed by atoms with van der Waals surface area (Å²) >= 11 is 0. The lowest BCUT2D eigenvalue weighted by Gasteiger charge is -2.11. The number of aromatic nitrogens is 2. The van der Waals surface area contributed by atoms with E-state index in [9.17, 15) is 22.8 Å². The van der Waals surface area contributed by atoms with Gasteiger partial charge in [0.1, 0.15) is 18.1 Å². The second-order valence-corrected chi connectivity index (χ2v) is 5.00. The number of carbonyl (C=O) groups is 1. The molecule has 0 spiro atoms. The van der Waals surface area contributed by atoms with Crippen LogP contribution in [0.15, 0.2) is 41.2 Å². The SMILES string of the molecule is CCn1nc(C(=O)NCCOc2cccc(C(F)(F)F)c2)ccc1=O. The molecule has 0 fully saturated rings. The van der Waals surface area contributed by atoms with Crippen LogP contribution in [-0.4, -0.2) is 28.8 Å². The van der Waals surface area contributed by atoms with E-state index in [2.05, 4.69) is 10.4 Å². The molecule has 25 heavy (non-hydrogen) atoms. The number of hydrogen-bond donors (Lipinski definition) is 1. The zero-order chi connectivity index (χ0) is 18.4. The molecule has 1 aromatic heterocycles. The first-order valence-electron chi connectivity index (χ1n) is 7.47. The molecule has 1 N–H and O–H groups in total. The Morgan fingerprint density at radius 3 is 2.72 bits per heavy atom. The van der Waals surface area contributed by atoms with Crippen molar-refractivity contribution >= 4 is 5.91 Å². The minimum atomic E-state index is -4.44. The maximum absolute atomic E-state index is 12.6. The van der Waals surface area contributed by atoms with Crippen LogP contribution in [-0.2, 0) is 12.7 Å². The van der Waals surface area contributed by atoms with Gasteiger partial charge in [-0.05, 0) is 31.2 Å². The van der Waals surface area contributed by atoms with Crippen molar-refractivity contribution < 1.29 is 22.7 Å². The Bertz CT molecular complexity index is 803. The fourth-order valence-corrected chi connectivity index (χ4v) is 1.98. The molecule has 1 amide bonds. The Morgan fingerprint density at radius 1 is 1.28 bits per heavy atom. The number of benzene rings is 1. The summed E-state index contributed by atoms with van der Waals surface area (Å²) in [6.45, 7) is 2.11. The van der Waals surface area contributed by atoms with Gasteiger partial charge in [-0.1, -0.05) is 6.07 Å². The predicted molar refractivity (Wildman–Crippen MR) is 83.4 cm³/mol. The van der Waals surface area contributed by atoms with Crippen LogP contribution in [0.3, 0.4) is 0 Å². The predicted octanol–water partition coefficient (Wildman–Crippen LogP) is 2.09. The van der Waals surface area contributed by atoms with Crippen LogP contribution in [0.2, 0.25) is 0 Å². The lowest BCUT2D eigenvalue weighted by molar-refractivity contribution is -0.137. The van der Waals surface area contributed by atoms with E-state index in [4.69, 9.17) is 4.74 Å². The van der Waals surface area contributed by atoms with Gasteiger partial charge in [-0.25, -0.2) is 4.68 Å². The lowest BCUT2D eigenvalue weighted by Crippen LogP contribution is -2.31. The molecule has 0 radical (unpaired) electrons. The van der Waals surface area contributed by atoms with Gasteiger partial charge >= 0.3 is 6.18 Å². The van der Waals surface area contributed by atoms with E-state index in [1.807, 2.05) is 0 Å². The molecule has 1 aromatic carbocycles. The Balaban J connectivity index is 1.87. The minimum absolute atomic E-state index is 0.0134. The summed E-state index contributed by atoms with van der Waals surface area (Å²) in [6.07, 6.45) is -4.44. The average molecular weight is 355 g/mol. The second-order valence-electron chi connectivity index (χ2n) is 5.00. The molecule has 0 aliphatic rings. The molecule has 9 heteroatoms. The maximum atomic E-state index is 12.6. The van der Waals surface area contributed by atoms with Crippen LogP contribution < -0.4 is 15.6 Å². The number of amides is 1. The van der Waals surface area contributed by atoms with E-state index in [1.54, 1.807) is 6.92 Å². The molecule has 6 nitrogen and oxygen atoms in total. The first-order chi connectivity index (χ1) is 11.8. The van der Waals surface area contributed by atoms with Crippen LogP contribution >= 0.6 is 0 Å². The highest BCUT2D eigenvalue weighted by Crippen LogP contribution is 2.31. The van der Waals surface area contributed by atoms with Gasteiger partial charge in [0.15, 0.2) is 0 Å². The summed E-state index contributed by atoms with van der Waals surface area (Å²) in [7, 11) is 0. The Labute approximate surface area is 141 Å². The highest BCUT2D eigenvalue weighted by molar-refractivity contribution is 5.91. The molecule has 0 aliphatic carbocycles. The quantitative estimate of drug-likeness (QED) is 0.806. The molecule has 2 rings (SSSR count). The molecule has 0 aliphatic heterocycles. The third kappa shape index (κ3) is 5.07. The van der Waals surface area contributed by atoms with Crippen LogP contribution in [0.4, 0.5) is 13.2 Å². The van der Waals surface area contributed by atoms with Gasteiger partial charge in [0, 0.05) is 12.6 Å². The first kappa shape index (κ1) is 18.5. The van der Waals surface area contributed by atoms with Crippen molar-refractivity contribution in [2.45, 2.75) is 19.6 Å². The highest BCUT2D eigenvalue weighted by Gasteiger charge is 2.30. The zero-order valence-electron chi connectivity index (χ0n) is 13.3. The van der Waals surface area contributed by atoms with Crippen molar-refractivity contribution in [3.63, 3.8) is 0 Å². The third-order valence-corrected chi connectivity index (χ3v) is 3.22. The number of nitrogens with one attached hydrogen (secondary N) is 1. The first-order valence-corrected chi connectivity index (χ1v) is 7.47. The Hall–Kier alpha value is -2.84. The molecule has 0 bridgehead atoms. The van der Waals surface area contributed by atoms with Gasteiger partial charge in [0.05, 0.1) is 12.1 Å². The standard InChI is InChI=1S/C16H16F3N3O3/c1-2-22-14(23)7-6-13(21-22)15(24)20-8-9-25-12-5-3-4-11(10-12)16(17,18)19/h3-7,10H,2,8-9H2,1H3,(H,20,24). The Kier molecular flexibility index (Phi) is 5.79. The summed E-state index contributed by atoms with van der Waals surface area (Å²) in [5.41, 5.74) is -1.05. The molecular weight excluding hydrogens is 339 g/mol. The minimum Gasteiger partial charge on any atom is -0.492 e. The van der Waals surface area contributed by atoms with Crippen molar-refractivity contribution in [2.24, 2.45) is 0 Å². The van der Waals surface area contributed by atoms with E-state index >= 15 is 0 Å². The molecule has 134 valence electrons. The molecular formula is C16H16F3N3O3. The van der Waals surface area contributed by atoms with Crippen molar-refractivity contribution in [1.29, 1.82) is 0 Å². The highest BCUT2D eigenvalue weighted by atomic mass is 19.4. The van der Waals surface area contributed by atoms with Crippen molar-refractivity contribution in [3.8, 4) is 5.75 Å². The van der Waals surface area contributed by atoms with Crippen LogP contribution in [0.25, 0.3) is 0 Å². The summed E-state index contributed by atoms with van der Waals surface area (Å²) < 4.78 is 44.1. The lowest BCUT2D eigenvalue weighted by atomic mass is 10.2. The van der Waals surface area contributed by atoms with Crippen molar-refractivity contribution in [1.82, 2.24) is 15.1 Å². The van der Waals surface area contributed by atoms with Crippen LogP contribution in [0, 0.1) is 0 Å². The fourth-order valence-electron chi connectivity index (χ4n) is 1.98. The third-order valence-electron chi connectivity index (χ3n) is 3.22. The van der Waals surface area contributed by atoms with Gasteiger partial charge in [-0.15, -0.1) is 0 Å². The van der Waals surface area contributed by atoms with Gasteiger partial charge < -0.3 is 10.1 Å². The molecule has 1 heterocycles. The monoisotopic (exact) mass is 355 g/mol. The fraction of sp³-hybridized carbons (Fsp3) is 0.312. The van der Waals surface area contributed by atoms with Gasteiger partial charge in [0.25, 0.3) is 11.5 Å². The van der Waals surface area contributed by atoms with E-state index in [0.717, 1.165) is 16.8 Å². The zero-order valence-corrected chi connectivity index (χ0v) is 13.3. The molecule has 0 saturated heterocycles. The van der Waals surface area contributed by atoms with E-state index < -0.39 is 17.6 Å². The normalized spacial score (nSPS) is 11.2. The number of rotatable bonds is 6. The smallest absolute Gasteiger partial charge is 0.416 e. The van der Waals surface area contributed by atoms with Crippen molar-refractivity contribution in [2.75, 3.05) is 13.2 Å². The van der Waals surface area contributed by atoms with Gasteiger partial charge in [-0.3, -0.25) is 9.59 Å². The molecule has 2 aromatic rings. The number of carbonyl (C=O) groups excluding carboxylic acids is 1.